The van der Waals surface area contributed by atoms with Crippen LogP contribution < -0.4 is 10.2 Å². The normalized spacial score (nSPS) is 37.8. The van der Waals surface area contributed by atoms with Crippen molar-refractivity contribution in [3.63, 3.8) is 0 Å². The van der Waals surface area contributed by atoms with Crippen molar-refractivity contribution < 1.29 is 94.1 Å². The Morgan fingerprint density at radius 2 is 1.28 bits per heavy atom. The van der Waals surface area contributed by atoms with Crippen molar-refractivity contribution >= 4 is 11.0 Å². The van der Waals surface area contributed by atoms with Gasteiger partial charge < -0.3 is 94.1 Å². The molecular weight excluding hydrogens is 716 g/mol. The first kappa shape index (κ1) is 38.8. The minimum absolute atomic E-state index is 0.0642. The van der Waals surface area contributed by atoms with Gasteiger partial charge in [-0.25, -0.2) is 0 Å². The molecule has 3 aliphatic heterocycles. The highest BCUT2D eigenvalue weighted by Crippen LogP contribution is 2.40. The van der Waals surface area contributed by atoms with E-state index < -0.39 is 144 Å². The topological polar surface area (TPSA) is 328 Å². The fourth-order valence-electron chi connectivity index (χ4n) is 6.26. The number of hydrogen-bond acceptors (Lipinski definition) is 20. The Morgan fingerprint density at radius 3 is 1.98 bits per heavy atom. The fourth-order valence-corrected chi connectivity index (χ4v) is 6.26. The Hall–Kier alpha value is -3.87. The van der Waals surface area contributed by atoms with Crippen LogP contribution in [0.2, 0.25) is 0 Å². The van der Waals surface area contributed by atoms with Crippen molar-refractivity contribution in [2.45, 2.75) is 106 Å². The molecular formula is C33H40O20. The van der Waals surface area contributed by atoms with E-state index in [1.54, 1.807) is 0 Å². The highest BCUT2D eigenvalue weighted by atomic mass is 16.7. The van der Waals surface area contributed by atoms with Gasteiger partial charge in [-0.05, 0) is 32.0 Å². The molecule has 1 aromatic heterocycles. The SMILES string of the molecule is C[C@@H]1O[C@@H](O[C@H]2[C@H](O)[C@H](OC[C@@H]3O[C@H](Oc4c(-c5ccc(O)c(O)c5)oc5cc(O)cc(O)c5c4=O)[C@H](O)[C@@H](O)[C@H]3O)O[C@H](C)[C@H]2O)[C@H](O)[C@H](O)[C@H]1O. The van der Waals surface area contributed by atoms with Gasteiger partial charge in [0.1, 0.15) is 83.5 Å². The summed E-state index contributed by atoms with van der Waals surface area (Å²) in [7, 11) is 0. The summed E-state index contributed by atoms with van der Waals surface area (Å²) in [5.74, 6) is -3.51. The molecule has 12 N–H and O–H groups in total. The summed E-state index contributed by atoms with van der Waals surface area (Å²) < 4.78 is 39.5. The molecule has 20 heteroatoms. The van der Waals surface area contributed by atoms with Gasteiger partial charge in [-0.3, -0.25) is 4.79 Å². The van der Waals surface area contributed by atoms with Gasteiger partial charge in [0.15, 0.2) is 29.8 Å². The second-order valence-electron chi connectivity index (χ2n) is 13.1. The summed E-state index contributed by atoms with van der Waals surface area (Å²) in [4.78, 5) is 13.7. The maximum atomic E-state index is 13.7. The van der Waals surface area contributed by atoms with E-state index in [9.17, 15) is 66.1 Å². The summed E-state index contributed by atoms with van der Waals surface area (Å²) in [6.07, 6.45) is -24.5. The number of rotatable bonds is 8. The average Bonchev–Trinajstić information content (AvgIpc) is 3.11. The van der Waals surface area contributed by atoms with Gasteiger partial charge in [-0.1, -0.05) is 0 Å². The zero-order valence-electron chi connectivity index (χ0n) is 27.9. The summed E-state index contributed by atoms with van der Waals surface area (Å²) in [6.45, 7) is 2.11. The molecule has 3 aromatic rings. The van der Waals surface area contributed by atoms with E-state index in [1.807, 2.05) is 0 Å². The van der Waals surface area contributed by atoms with E-state index in [4.69, 9.17) is 32.8 Å². The third-order valence-corrected chi connectivity index (χ3v) is 9.36. The van der Waals surface area contributed by atoms with Crippen molar-refractivity contribution in [1.29, 1.82) is 0 Å². The lowest BCUT2D eigenvalue weighted by Crippen LogP contribution is -2.64. The molecule has 3 saturated heterocycles. The summed E-state index contributed by atoms with van der Waals surface area (Å²) >= 11 is 0. The van der Waals surface area contributed by atoms with Crippen LogP contribution in [-0.4, -0.2) is 160 Å². The predicted molar refractivity (Wildman–Crippen MR) is 171 cm³/mol. The van der Waals surface area contributed by atoms with Gasteiger partial charge in [-0.15, -0.1) is 0 Å². The van der Waals surface area contributed by atoms with Gasteiger partial charge >= 0.3 is 0 Å². The average molecular weight is 757 g/mol. The molecule has 0 saturated carbocycles. The van der Waals surface area contributed by atoms with Crippen molar-refractivity contribution in [3.8, 4) is 40.1 Å². The van der Waals surface area contributed by atoms with Crippen LogP contribution in [0, 0.1) is 0 Å². The van der Waals surface area contributed by atoms with Gasteiger partial charge in [0.25, 0.3) is 0 Å². The van der Waals surface area contributed by atoms with Crippen molar-refractivity contribution in [2.75, 3.05) is 6.61 Å². The maximum absolute atomic E-state index is 13.7. The number of aliphatic hydroxyl groups excluding tert-OH is 8. The minimum Gasteiger partial charge on any atom is -0.508 e. The monoisotopic (exact) mass is 756 g/mol. The Balaban J connectivity index is 1.23. The van der Waals surface area contributed by atoms with E-state index >= 15 is 0 Å². The minimum atomic E-state index is -2.03. The molecule has 3 aliphatic rings. The van der Waals surface area contributed by atoms with E-state index in [2.05, 4.69) is 0 Å². The van der Waals surface area contributed by atoms with Crippen molar-refractivity contribution in [3.05, 3.63) is 40.6 Å². The number of ether oxygens (including phenoxy) is 6. The molecule has 292 valence electrons. The summed E-state index contributed by atoms with van der Waals surface area (Å²) in [5.41, 5.74) is -1.45. The van der Waals surface area contributed by atoms with E-state index in [1.165, 1.54) is 19.9 Å². The standard InChI is InChI=1S/C33H40O20/c1-9-19(38)23(42)25(44)32(49-9)52-29-20(39)10(2)48-31(27(29)46)47-8-17-21(40)24(43)26(45)33(51-17)53-30-22(41)18-15(37)6-12(34)7-16(18)50-28(30)11-3-4-13(35)14(36)5-11/h3-7,9-10,17,19-21,23-27,29,31-40,42-46H,8H2,1-2H3/t9-,10+,17-,19-,20+,21-,23+,24-,25+,26+,27-,29+,31+,32-,33+/m0/s1. The highest BCUT2D eigenvalue weighted by Gasteiger charge is 2.51. The Morgan fingerprint density at radius 1 is 0.642 bits per heavy atom. The zero-order chi connectivity index (χ0) is 38.6. The van der Waals surface area contributed by atoms with Crippen LogP contribution in [0.15, 0.2) is 39.5 Å². The van der Waals surface area contributed by atoms with Gasteiger partial charge in [0.2, 0.25) is 17.5 Å². The second kappa shape index (κ2) is 15.1. The number of hydrogen-bond donors (Lipinski definition) is 12. The molecule has 4 heterocycles. The largest absolute Gasteiger partial charge is 0.508 e. The fraction of sp³-hybridized carbons (Fsp3) is 0.545. The van der Waals surface area contributed by atoms with Crippen molar-refractivity contribution in [1.82, 2.24) is 0 Å². The molecule has 0 bridgehead atoms. The van der Waals surface area contributed by atoms with Crippen LogP contribution in [0.3, 0.4) is 0 Å². The molecule has 0 aliphatic carbocycles. The first-order valence-corrected chi connectivity index (χ1v) is 16.4. The molecule has 0 unspecified atom stereocenters. The number of aromatic hydroxyl groups is 4. The molecule has 3 fully saturated rings. The third kappa shape index (κ3) is 7.34. The van der Waals surface area contributed by atoms with E-state index in [0.717, 1.165) is 24.3 Å². The second-order valence-corrected chi connectivity index (χ2v) is 13.1. The molecule has 6 rings (SSSR count). The number of phenolic OH excluding ortho intramolecular Hbond substituents is 4. The van der Waals surface area contributed by atoms with E-state index in [0.29, 0.717) is 0 Å². The van der Waals surface area contributed by atoms with Crippen LogP contribution in [-0.2, 0) is 23.7 Å². The molecule has 2 aromatic carbocycles. The third-order valence-electron chi connectivity index (χ3n) is 9.36. The lowest BCUT2D eigenvalue weighted by atomic mass is 9.97. The van der Waals surface area contributed by atoms with Crippen LogP contribution in [0.1, 0.15) is 13.8 Å². The maximum Gasteiger partial charge on any atom is 0.239 e. The van der Waals surface area contributed by atoms with Crippen LogP contribution in [0.4, 0.5) is 0 Å². The molecule has 0 amide bonds. The number of aliphatic hydroxyl groups is 8. The first-order chi connectivity index (χ1) is 25.0. The lowest BCUT2D eigenvalue weighted by molar-refractivity contribution is -0.358. The molecule has 20 nitrogen and oxygen atoms in total. The van der Waals surface area contributed by atoms with Gasteiger partial charge in [0, 0.05) is 17.7 Å². The highest BCUT2D eigenvalue weighted by molar-refractivity contribution is 5.88. The van der Waals surface area contributed by atoms with Crippen molar-refractivity contribution in [2.24, 2.45) is 0 Å². The summed E-state index contributed by atoms with van der Waals surface area (Å²) in [5, 5.41) is 125. The number of fused-ring (bicyclic) bond motifs is 1. The zero-order valence-corrected chi connectivity index (χ0v) is 27.9. The van der Waals surface area contributed by atoms with Gasteiger partial charge in [0.05, 0.1) is 18.8 Å². The Kier molecular flexibility index (Phi) is 11.1. The Labute approximate surface area is 298 Å². The Bertz CT molecular complexity index is 1830. The number of phenols is 4. The van der Waals surface area contributed by atoms with Gasteiger partial charge in [-0.2, -0.15) is 0 Å². The van der Waals surface area contributed by atoms with E-state index in [-0.39, 0.29) is 11.1 Å². The van der Waals surface area contributed by atoms with Crippen LogP contribution in [0.5, 0.6) is 28.7 Å². The van der Waals surface area contributed by atoms with Crippen LogP contribution >= 0.6 is 0 Å². The number of benzene rings is 2. The van der Waals surface area contributed by atoms with Crippen LogP contribution in [0.25, 0.3) is 22.3 Å². The smallest absolute Gasteiger partial charge is 0.239 e. The molecule has 15 atom stereocenters. The molecule has 0 radical (unpaired) electrons. The molecule has 53 heavy (non-hydrogen) atoms. The summed E-state index contributed by atoms with van der Waals surface area (Å²) in [6, 6.07) is 5.15. The lowest BCUT2D eigenvalue weighted by Gasteiger charge is -2.46. The first-order valence-electron chi connectivity index (χ1n) is 16.4. The quantitative estimate of drug-likeness (QED) is 0.103. The molecule has 0 spiro atoms. The predicted octanol–water partition coefficient (Wildman–Crippen LogP) is -2.84.